The molecule has 0 aliphatic carbocycles. The number of ether oxygens (including phenoxy) is 1. The fraction of sp³-hybridized carbons (Fsp3) is 0.286. The van der Waals surface area contributed by atoms with Crippen LogP contribution in [0, 0.1) is 0 Å². The van der Waals surface area contributed by atoms with Crippen LogP contribution in [0.4, 0.5) is 5.69 Å². The number of nitrogens with one attached hydrogen (secondary N) is 1. The van der Waals surface area contributed by atoms with Gasteiger partial charge >= 0.3 is 0 Å². The number of carbonyl (C=O) groups is 1. The summed E-state index contributed by atoms with van der Waals surface area (Å²) in [6.07, 6.45) is 0. The Morgan fingerprint density at radius 3 is 2.63 bits per heavy atom. The lowest BCUT2D eigenvalue weighted by atomic mass is 10.2. The molecular weight excluding hydrogens is 440 g/mol. The number of hydrogen-bond acceptors (Lipinski definition) is 6. The van der Waals surface area contributed by atoms with Gasteiger partial charge in [0.1, 0.15) is 11.6 Å². The Hall–Kier alpha value is -2.16. The van der Waals surface area contributed by atoms with Crippen molar-refractivity contribution in [1.82, 2.24) is 14.8 Å². The van der Waals surface area contributed by atoms with Gasteiger partial charge in [-0.15, -0.1) is 22.0 Å². The Kier molecular flexibility index (Phi) is 8.48. The maximum atomic E-state index is 12.2. The summed E-state index contributed by atoms with van der Waals surface area (Å²) in [5.74, 6) is 3.33. The third kappa shape index (κ3) is 6.42. The lowest BCUT2D eigenvalue weighted by Gasteiger charge is -2.07. The van der Waals surface area contributed by atoms with Gasteiger partial charge in [0, 0.05) is 23.5 Å². The lowest BCUT2D eigenvalue weighted by molar-refractivity contribution is -0.113. The zero-order chi connectivity index (χ0) is 21.3. The lowest BCUT2D eigenvalue weighted by Crippen LogP contribution is -2.14. The zero-order valence-electron chi connectivity index (χ0n) is 16.8. The standard InChI is InChI=1S/C21H23ClN4O2S2/c1-3-28-17-10-8-16(9-11-17)23-20(27)14-30-21-25-24-19(26(21)2)13-29-12-15-6-4-5-7-18(15)22/h4-11H,3,12-14H2,1-2H3,(H,23,27). The molecule has 3 aromatic rings. The van der Waals surface area contributed by atoms with Crippen molar-refractivity contribution in [2.45, 2.75) is 23.6 Å². The van der Waals surface area contributed by atoms with Gasteiger partial charge in [0.25, 0.3) is 0 Å². The molecule has 158 valence electrons. The number of thioether (sulfide) groups is 2. The summed E-state index contributed by atoms with van der Waals surface area (Å²) in [5, 5.41) is 12.8. The van der Waals surface area contributed by atoms with E-state index < -0.39 is 0 Å². The molecule has 0 saturated carbocycles. The predicted molar refractivity (Wildman–Crippen MR) is 124 cm³/mol. The molecule has 0 spiro atoms. The van der Waals surface area contributed by atoms with Crippen LogP contribution >= 0.6 is 35.1 Å². The van der Waals surface area contributed by atoms with Gasteiger partial charge in [-0.25, -0.2) is 0 Å². The van der Waals surface area contributed by atoms with Crippen LogP contribution in [0.1, 0.15) is 18.3 Å². The van der Waals surface area contributed by atoms with Gasteiger partial charge in [-0.3, -0.25) is 4.79 Å². The van der Waals surface area contributed by atoms with Crippen molar-refractivity contribution in [2.24, 2.45) is 7.05 Å². The van der Waals surface area contributed by atoms with Crippen LogP contribution in [0.15, 0.2) is 53.7 Å². The van der Waals surface area contributed by atoms with Crippen molar-refractivity contribution in [3.8, 4) is 5.75 Å². The predicted octanol–water partition coefficient (Wildman–Crippen LogP) is 5.03. The van der Waals surface area contributed by atoms with Crippen molar-refractivity contribution in [2.75, 3.05) is 17.7 Å². The topological polar surface area (TPSA) is 69.0 Å². The van der Waals surface area contributed by atoms with E-state index in [-0.39, 0.29) is 11.7 Å². The minimum Gasteiger partial charge on any atom is -0.494 e. The highest BCUT2D eigenvalue weighted by Gasteiger charge is 2.12. The summed E-state index contributed by atoms with van der Waals surface area (Å²) < 4.78 is 7.33. The SMILES string of the molecule is CCOc1ccc(NC(=O)CSc2nnc(CSCc3ccccc3Cl)n2C)cc1. The molecule has 0 unspecified atom stereocenters. The molecule has 0 aliphatic rings. The number of hydrogen-bond donors (Lipinski definition) is 1. The molecule has 2 aromatic carbocycles. The summed E-state index contributed by atoms with van der Waals surface area (Å²) in [5.41, 5.74) is 1.84. The van der Waals surface area contributed by atoms with E-state index in [4.69, 9.17) is 16.3 Å². The average Bonchev–Trinajstić information content (AvgIpc) is 3.09. The number of amides is 1. The molecule has 0 bridgehead atoms. The smallest absolute Gasteiger partial charge is 0.234 e. The van der Waals surface area contributed by atoms with Crippen molar-refractivity contribution < 1.29 is 9.53 Å². The van der Waals surface area contributed by atoms with Crippen LogP contribution in [0.5, 0.6) is 5.75 Å². The minimum atomic E-state index is -0.0956. The first-order valence-corrected chi connectivity index (χ1v) is 11.9. The molecule has 30 heavy (non-hydrogen) atoms. The van der Waals surface area contributed by atoms with E-state index in [9.17, 15) is 4.79 Å². The van der Waals surface area contributed by atoms with Gasteiger partial charge in [0.15, 0.2) is 5.16 Å². The molecule has 3 rings (SSSR count). The third-order valence-electron chi connectivity index (χ3n) is 4.15. The minimum absolute atomic E-state index is 0.0956. The van der Waals surface area contributed by atoms with Crippen LogP contribution in [0.25, 0.3) is 0 Å². The molecule has 0 atom stereocenters. The van der Waals surface area contributed by atoms with E-state index in [2.05, 4.69) is 15.5 Å². The van der Waals surface area contributed by atoms with Crippen molar-refractivity contribution >= 4 is 46.7 Å². The molecule has 0 saturated heterocycles. The van der Waals surface area contributed by atoms with Crippen molar-refractivity contribution in [3.05, 3.63) is 64.9 Å². The molecule has 1 heterocycles. The van der Waals surface area contributed by atoms with Crippen LogP contribution in [0.2, 0.25) is 5.02 Å². The number of nitrogens with zero attached hydrogens (tertiary/aromatic N) is 3. The van der Waals surface area contributed by atoms with Gasteiger partial charge in [-0.05, 0) is 42.8 Å². The maximum absolute atomic E-state index is 12.2. The number of halogens is 1. The monoisotopic (exact) mass is 462 g/mol. The second-order valence-corrected chi connectivity index (χ2v) is 8.67. The number of carbonyl (C=O) groups excluding carboxylic acids is 1. The Bertz CT molecular complexity index is 979. The van der Waals surface area contributed by atoms with Crippen LogP contribution < -0.4 is 10.1 Å². The molecule has 1 amide bonds. The van der Waals surface area contributed by atoms with E-state index in [1.807, 2.05) is 67.1 Å². The highest BCUT2D eigenvalue weighted by atomic mass is 35.5. The first-order chi connectivity index (χ1) is 14.6. The van der Waals surface area contributed by atoms with Gasteiger partial charge in [0.05, 0.1) is 18.1 Å². The second-order valence-electron chi connectivity index (χ2n) is 6.34. The normalized spacial score (nSPS) is 10.8. The van der Waals surface area contributed by atoms with Gasteiger partial charge in [-0.1, -0.05) is 41.6 Å². The van der Waals surface area contributed by atoms with Crippen LogP contribution in [-0.4, -0.2) is 33.0 Å². The molecule has 0 fully saturated rings. The number of rotatable bonds is 10. The van der Waals surface area contributed by atoms with Gasteiger partial charge in [-0.2, -0.15) is 0 Å². The molecule has 0 aliphatic heterocycles. The molecule has 1 N–H and O–H groups in total. The first kappa shape index (κ1) is 22.5. The van der Waals surface area contributed by atoms with E-state index >= 15 is 0 Å². The van der Waals surface area contributed by atoms with Crippen molar-refractivity contribution in [3.63, 3.8) is 0 Å². The Morgan fingerprint density at radius 1 is 1.13 bits per heavy atom. The van der Waals surface area contributed by atoms with E-state index in [1.54, 1.807) is 11.8 Å². The molecule has 9 heteroatoms. The van der Waals surface area contributed by atoms with Gasteiger partial charge in [0.2, 0.25) is 5.91 Å². The zero-order valence-corrected chi connectivity index (χ0v) is 19.2. The average molecular weight is 463 g/mol. The van der Waals surface area contributed by atoms with Crippen molar-refractivity contribution in [1.29, 1.82) is 0 Å². The second kappa shape index (κ2) is 11.3. The summed E-state index contributed by atoms with van der Waals surface area (Å²) in [6, 6.07) is 15.1. The molecule has 6 nitrogen and oxygen atoms in total. The number of anilines is 1. The van der Waals surface area contributed by atoms with E-state index in [0.29, 0.717) is 17.5 Å². The first-order valence-electron chi connectivity index (χ1n) is 9.41. The van der Waals surface area contributed by atoms with Crippen LogP contribution in [0.3, 0.4) is 0 Å². The largest absolute Gasteiger partial charge is 0.494 e. The summed E-state index contributed by atoms with van der Waals surface area (Å²) >= 11 is 9.28. The van der Waals surface area contributed by atoms with E-state index in [1.165, 1.54) is 11.8 Å². The van der Waals surface area contributed by atoms with Gasteiger partial charge < -0.3 is 14.6 Å². The molecule has 0 radical (unpaired) electrons. The summed E-state index contributed by atoms with van der Waals surface area (Å²) in [4.78, 5) is 12.2. The quantitative estimate of drug-likeness (QED) is 0.426. The Balaban J connectivity index is 1.46. The van der Waals surface area contributed by atoms with E-state index in [0.717, 1.165) is 33.6 Å². The van der Waals surface area contributed by atoms with Crippen LogP contribution in [-0.2, 0) is 23.3 Å². The number of benzene rings is 2. The highest BCUT2D eigenvalue weighted by Crippen LogP contribution is 2.24. The Labute approximate surface area is 189 Å². The third-order valence-corrected chi connectivity index (χ3v) is 6.52. The molecular formula is C21H23ClN4O2S2. The maximum Gasteiger partial charge on any atom is 0.234 e. The summed E-state index contributed by atoms with van der Waals surface area (Å²) in [7, 11) is 1.91. The number of aromatic nitrogens is 3. The highest BCUT2D eigenvalue weighted by molar-refractivity contribution is 7.99. The summed E-state index contributed by atoms with van der Waals surface area (Å²) in [6.45, 7) is 2.54. The fourth-order valence-corrected chi connectivity index (χ4v) is 4.61. The fourth-order valence-electron chi connectivity index (χ4n) is 2.59. The molecule has 1 aromatic heterocycles. The Morgan fingerprint density at radius 2 is 1.90 bits per heavy atom.